The summed E-state index contributed by atoms with van der Waals surface area (Å²) in [6.45, 7) is 8.29. The Morgan fingerprint density at radius 3 is 2.50 bits per heavy atom. The van der Waals surface area contributed by atoms with Crippen molar-refractivity contribution in [3.63, 3.8) is 0 Å². The summed E-state index contributed by atoms with van der Waals surface area (Å²) >= 11 is 0. The Morgan fingerprint density at radius 1 is 1.25 bits per heavy atom. The van der Waals surface area contributed by atoms with E-state index in [0.29, 0.717) is 0 Å². The summed E-state index contributed by atoms with van der Waals surface area (Å²) in [4.78, 5) is 2.84. The maximum absolute atomic E-state index is 2.84. The van der Waals surface area contributed by atoms with E-state index >= 15 is 0 Å². The predicted octanol–water partition coefficient (Wildman–Crippen LogP) is 3.85. The van der Waals surface area contributed by atoms with Gasteiger partial charge in [-0.2, -0.15) is 0 Å². The fourth-order valence-corrected chi connectivity index (χ4v) is 3.89. The first kappa shape index (κ1) is 12.2. The second kappa shape index (κ2) is 5.35. The highest BCUT2D eigenvalue weighted by molar-refractivity contribution is 5.03. The van der Waals surface area contributed by atoms with Gasteiger partial charge in [0.2, 0.25) is 0 Å². The summed E-state index contributed by atoms with van der Waals surface area (Å²) < 4.78 is 0. The van der Waals surface area contributed by atoms with E-state index in [1.165, 1.54) is 38.6 Å². The molecule has 3 atom stereocenters. The molecule has 92 valence electrons. The van der Waals surface area contributed by atoms with Crippen molar-refractivity contribution in [1.29, 1.82) is 0 Å². The minimum absolute atomic E-state index is 0.801. The Morgan fingerprint density at radius 2 is 1.94 bits per heavy atom. The van der Waals surface area contributed by atoms with Crippen LogP contribution >= 0.6 is 0 Å². The minimum Gasteiger partial charge on any atom is -0.297 e. The van der Waals surface area contributed by atoms with Gasteiger partial charge in [-0.05, 0) is 38.0 Å². The van der Waals surface area contributed by atoms with Crippen LogP contribution in [-0.4, -0.2) is 23.5 Å². The number of rotatable bonds is 3. The lowest BCUT2D eigenvalue weighted by Crippen LogP contribution is -2.38. The maximum atomic E-state index is 2.84. The van der Waals surface area contributed by atoms with Crippen molar-refractivity contribution in [2.24, 2.45) is 11.8 Å². The molecule has 0 amide bonds. The molecule has 1 aliphatic carbocycles. The van der Waals surface area contributed by atoms with Crippen LogP contribution in [-0.2, 0) is 0 Å². The summed E-state index contributed by atoms with van der Waals surface area (Å²) in [6, 6.07) is 1.72. The number of likely N-dealkylation sites (tertiary alicyclic amines) is 1. The molecule has 0 aromatic heterocycles. The van der Waals surface area contributed by atoms with Crippen LogP contribution in [0.1, 0.15) is 52.9 Å². The van der Waals surface area contributed by atoms with Crippen LogP contribution < -0.4 is 0 Å². The van der Waals surface area contributed by atoms with Crippen LogP contribution in [0.25, 0.3) is 0 Å². The third kappa shape index (κ3) is 2.20. The summed E-state index contributed by atoms with van der Waals surface area (Å²) in [7, 11) is 0. The van der Waals surface area contributed by atoms with Crippen molar-refractivity contribution < 1.29 is 0 Å². The smallest absolute Gasteiger partial charge is 0.0161 e. The fourth-order valence-electron chi connectivity index (χ4n) is 3.89. The highest BCUT2D eigenvalue weighted by atomic mass is 15.2. The molecule has 1 nitrogen and oxygen atoms in total. The molecule has 1 heterocycles. The average molecular weight is 221 g/mol. The number of nitrogens with zero attached hydrogens (tertiary/aromatic N) is 1. The van der Waals surface area contributed by atoms with Crippen molar-refractivity contribution in [2.75, 3.05) is 6.54 Å². The maximum Gasteiger partial charge on any atom is 0.0161 e. The number of allylic oxidation sites excluding steroid dienone is 1. The zero-order valence-corrected chi connectivity index (χ0v) is 11.2. The molecule has 0 N–H and O–H groups in total. The van der Waals surface area contributed by atoms with E-state index in [9.17, 15) is 0 Å². The van der Waals surface area contributed by atoms with E-state index in [0.717, 1.165) is 23.9 Å². The van der Waals surface area contributed by atoms with Gasteiger partial charge in [0.05, 0.1) is 0 Å². The van der Waals surface area contributed by atoms with Gasteiger partial charge in [0.1, 0.15) is 0 Å². The Labute approximate surface area is 101 Å². The summed E-state index contributed by atoms with van der Waals surface area (Å²) in [5.74, 6) is 1.65. The van der Waals surface area contributed by atoms with Gasteiger partial charge in [0, 0.05) is 18.6 Å². The minimum atomic E-state index is 0.801. The third-order valence-electron chi connectivity index (χ3n) is 4.65. The normalized spacial score (nSPS) is 37.8. The second-order valence-electron chi connectivity index (χ2n) is 5.69. The molecule has 0 spiro atoms. The first-order valence-corrected chi connectivity index (χ1v) is 7.16. The van der Waals surface area contributed by atoms with Gasteiger partial charge in [-0.25, -0.2) is 0 Å². The first-order valence-electron chi connectivity index (χ1n) is 7.16. The molecule has 16 heavy (non-hydrogen) atoms. The standard InChI is InChI=1S/C15H27N/c1-4-8-14-12(3)11-16(15(14)5-2)13-9-6-7-10-13/h4,8,12-15H,5-7,9-11H2,1-3H3/b8-4-. The van der Waals surface area contributed by atoms with Crippen LogP contribution in [0.2, 0.25) is 0 Å². The molecule has 2 fully saturated rings. The van der Waals surface area contributed by atoms with Gasteiger partial charge in [-0.15, -0.1) is 0 Å². The topological polar surface area (TPSA) is 3.24 Å². The first-order chi connectivity index (χ1) is 7.77. The van der Waals surface area contributed by atoms with E-state index in [1.807, 2.05) is 0 Å². The molecular formula is C15H27N. The average Bonchev–Trinajstić information content (AvgIpc) is 2.88. The summed E-state index contributed by atoms with van der Waals surface area (Å²) in [5, 5.41) is 0. The lowest BCUT2D eigenvalue weighted by Gasteiger charge is -2.31. The van der Waals surface area contributed by atoms with Gasteiger partial charge in [-0.1, -0.05) is 38.8 Å². The van der Waals surface area contributed by atoms with E-state index in [2.05, 4.69) is 37.8 Å². The van der Waals surface area contributed by atoms with Gasteiger partial charge in [0.15, 0.2) is 0 Å². The summed E-state index contributed by atoms with van der Waals surface area (Å²) in [6.07, 6.45) is 11.8. The van der Waals surface area contributed by atoms with Gasteiger partial charge < -0.3 is 0 Å². The van der Waals surface area contributed by atoms with Crippen molar-refractivity contribution in [1.82, 2.24) is 4.90 Å². The van der Waals surface area contributed by atoms with Crippen LogP contribution in [0.5, 0.6) is 0 Å². The molecule has 0 bridgehead atoms. The van der Waals surface area contributed by atoms with Crippen LogP contribution in [0, 0.1) is 11.8 Å². The van der Waals surface area contributed by atoms with Crippen LogP contribution in [0.15, 0.2) is 12.2 Å². The number of hydrogen-bond acceptors (Lipinski definition) is 1. The van der Waals surface area contributed by atoms with Gasteiger partial charge >= 0.3 is 0 Å². The second-order valence-corrected chi connectivity index (χ2v) is 5.69. The molecule has 3 unspecified atom stereocenters. The third-order valence-corrected chi connectivity index (χ3v) is 4.65. The lowest BCUT2D eigenvalue weighted by molar-refractivity contribution is 0.166. The Balaban J connectivity index is 2.08. The molecule has 0 aromatic rings. The van der Waals surface area contributed by atoms with Crippen LogP contribution in [0.4, 0.5) is 0 Å². The van der Waals surface area contributed by atoms with E-state index in [-0.39, 0.29) is 0 Å². The molecule has 2 rings (SSSR count). The number of hydrogen-bond donors (Lipinski definition) is 0. The molecule has 0 radical (unpaired) electrons. The van der Waals surface area contributed by atoms with Crippen molar-refractivity contribution >= 4 is 0 Å². The molecule has 1 saturated heterocycles. The molecule has 1 aliphatic heterocycles. The van der Waals surface area contributed by atoms with E-state index < -0.39 is 0 Å². The zero-order chi connectivity index (χ0) is 11.5. The Hall–Kier alpha value is -0.300. The largest absolute Gasteiger partial charge is 0.297 e. The molecular weight excluding hydrogens is 194 g/mol. The summed E-state index contributed by atoms with van der Waals surface area (Å²) in [5.41, 5.74) is 0. The van der Waals surface area contributed by atoms with Crippen molar-refractivity contribution in [3.05, 3.63) is 12.2 Å². The lowest BCUT2D eigenvalue weighted by atomic mass is 9.90. The van der Waals surface area contributed by atoms with Gasteiger partial charge in [-0.3, -0.25) is 4.90 Å². The van der Waals surface area contributed by atoms with E-state index in [1.54, 1.807) is 0 Å². The van der Waals surface area contributed by atoms with Crippen molar-refractivity contribution in [2.45, 2.75) is 65.0 Å². The molecule has 1 saturated carbocycles. The van der Waals surface area contributed by atoms with E-state index in [4.69, 9.17) is 0 Å². The Bertz CT molecular complexity index is 240. The quantitative estimate of drug-likeness (QED) is 0.654. The predicted molar refractivity (Wildman–Crippen MR) is 70.5 cm³/mol. The Kier molecular flexibility index (Phi) is 4.07. The molecule has 1 heteroatoms. The fraction of sp³-hybridized carbons (Fsp3) is 0.867. The SMILES string of the molecule is C/C=C\C1C(C)CN(C2CCCC2)C1CC. The van der Waals surface area contributed by atoms with Crippen LogP contribution in [0.3, 0.4) is 0 Å². The van der Waals surface area contributed by atoms with Gasteiger partial charge in [0.25, 0.3) is 0 Å². The molecule has 0 aromatic carbocycles. The monoisotopic (exact) mass is 221 g/mol. The highest BCUT2D eigenvalue weighted by Crippen LogP contribution is 2.37. The molecule has 2 aliphatic rings. The van der Waals surface area contributed by atoms with Crippen molar-refractivity contribution in [3.8, 4) is 0 Å². The zero-order valence-electron chi connectivity index (χ0n) is 11.2. The highest BCUT2D eigenvalue weighted by Gasteiger charge is 2.40.